The molecule has 0 atom stereocenters. The van der Waals surface area contributed by atoms with Crippen LogP contribution >= 0.6 is 0 Å². The monoisotopic (exact) mass is 452 g/mol. The van der Waals surface area contributed by atoms with Crippen molar-refractivity contribution in [1.29, 1.82) is 0 Å². The molecular weight excluding hydrogens is 436 g/mol. The summed E-state index contributed by atoms with van der Waals surface area (Å²) in [5, 5.41) is 1.08. The van der Waals surface area contributed by atoms with Crippen LogP contribution in [0.4, 0.5) is 0 Å². The van der Waals surface area contributed by atoms with Crippen LogP contribution in [0.3, 0.4) is 0 Å². The van der Waals surface area contributed by atoms with E-state index in [2.05, 4.69) is 9.97 Å². The maximum Gasteiger partial charge on any atom is 0.344 e. The summed E-state index contributed by atoms with van der Waals surface area (Å²) in [6.07, 6.45) is 0. The molecule has 0 amide bonds. The lowest BCUT2D eigenvalue weighted by Gasteiger charge is -2.10. The number of aromatic amines is 2. The van der Waals surface area contributed by atoms with Crippen molar-refractivity contribution in [3.63, 3.8) is 0 Å². The molecule has 8 nitrogen and oxygen atoms in total. The number of benzene rings is 3. The third-order valence-electron chi connectivity index (χ3n) is 5.17. The number of carbonyl (C=O) groups excluding carboxylic acids is 2. The molecule has 2 heterocycles. The summed E-state index contributed by atoms with van der Waals surface area (Å²) in [4.78, 5) is 54.8. The topological polar surface area (TPSA) is 118 Å². The van der Waals surface area contributed by atoms with Gasteiger partial charge in [-0.3, -0.25) is 9.59 Å². The normalized spacial score (nSPS) is 10.8. The Hall–Kier alpha value is -4.98. The third-order valence-corrected chi connectivity index (χ3v) is 5.17. The highest BCUT2D eigenvalue weighted by atomic mass is 16.5. The highest BCUT2D eigenvalue weighted by Crippen LogP contribution is 2.24. The zero-order valence-electron chi connectivity index (χ0n) is 17.5. The Morgan fingerprint density at radius 3 is 1.47 bits per heavy atom. The molecule has 8 heteroatoms. The molecule has 0 saturated carbocycles. The average Bonchev–Trinajstić information content (AvgIpc) is 2.83. The molecule has 0 aliphatic carbocycles. The van der Waals surface area contributed by atoms with Crippen molar-refractivity contribution >= 4 is 33.7 Å². The zero-order chi connectivity index (χ0) is 23.7. The fourth-order valence-corrected chi connectivity index (χ4v) is 3.67. The Labute approximate surface area is 191 Å². The van der Waals surface area contributed by atoms with E-state index >= 15 is 0 Å². The molecule has 5 rings (SSSR count). The van der Waals surface area contributed by atoms with Crippen molar-refractivity contribution in [3.8, 4) is 11.5 Å². The van der Waals surface area contributed by atoms with Crippen molar-refractivity contribution in [1.82, 2.24) is 9.97 Å². The van der Waals surface area contributed by atoms with Crippen LogP contribution in [0.1, 0.15) is 20.7 Å². The van der Waals surface area contributed by atoms with Gasteiger partial charge in [-0.25, -0.2) is 9.59 Å². The first kappa shape index (κ1) is 20.9. The van der Waals surface area contributed by atoms with Gasteiger partial charge in [-0.05, 0) is 24.3 Å². The molecule has 2 aromatic heterocycles. The second kappa shape index (κ2) is 8.51. The molecule has 2 N–H and O–H groups in total. The summed E-state index contributed by atoms with van der Waals surface area (Å²) in [7, 11) is 0. The summed E-state index contributed by atoms with van der Waals surface area (Å²) >= 11 is 0. The van der Waals surface area contributed by atoms with Crippen molar-refractivity contribution in [3.05, 3.63) is 117 Å². The first-order chi connectivity index (χ1) is 16.5. The second-order valence-electron chi connectivity index (χ2n) is 7.44. The number of H-pyrrole nitrogens is 2. The van der Waals surface area contributed by atoms with Crippen LogP contribution in [0.2, 0.25) is 0 Å². The summed E-state index contributed by atoms with van der Waals surface area (Å²) in [5.41, 5.74) is 0.370. The van der Waals surface area contributed by atoms with Crippen LogP contribution in [0.25, 0.3) is 21.8 Å². The van der Waals surface area contributed by atoms with Crippen LogP contribution in [-0.2, 0) is 0 Å². The van der Waals surface area contributed by atoms with E-state index < -0.39 is 23.1 Å². The summed E-state index contributed by atoms with van der Waals surface area (Å²) in [6, 6.07) is 22.1. The summed E-state index contributed by atoms with van der Waals surface area (Å²) in [6.45, 7) is 0. The average molecular weight is 452 g/mol. The van der Waals surface area contributed by atoms with E-state index in [0.29, 0.717) is 21.8 Å². The molecule has 0 saturated heterocycles. The van der Waals surface area contributed by atoms with Gasteiger partial charge in [0.15, 0.2) is 0 Å². The lowest BCUT2D eigenvalue weighted by Crippen LogP contribution is -2.16. The predicted molar refractivity (Wildman–Crippen MR) is 125 cm³/mol. The van der Waals surface area contributed by atoms with Crippen LogP contribution < -0.4 is 20.6 Å². The maximum atomic E-state index is 12.8. The van der Waals surface area contributed by atoms with Crippen molar-refractivity contribution < 1.29 is 19.1 Å². The van der Waals surface area contributed by atoms with Crippen molar-refractivity contribution in [2.24, 2.45) is 0 Å². The van der Waals surface area contributed by atoms with E-state index in [-0.39, 0.29) is 22.6 Å². The lowest BCUT2D eigenvalue weighted by molar-refractivity contribution is 0.0735. The van der Waals surface area contributed by atoms with Gasteiger partial charge in [-0.2, -0.15) is 0 Å². The minimum absolute atomic E-state index is 0.108. The number of carbonyl (C=O) groups is 2. The summed E-state index contributed by atoms with van der Waals surface area (Å²) in [5.74, 6) is -1.22. The van der Waals surface area contributed by atoms with E-state index in [0.717, 1.165) is 0 Å². The van der Waals surface area contributed by atoms with Crippen LogP contribution in [-0.4, -0.2) is 21.9 Å². The van der Waals surface area contributed by atoms with Gasteiger partial charge in [0.05, 0.1) is 11.1 Å². The van der Waals surface area contributed by atoms with Crippen molar-refractivity contribution in [2.75, 3.05) is 0 Å². The smallest absolute Gasteiger partial charge is 0.344 e. The van der Waals surface area contributed by atoms with Gasteiger partial charge in [-0.1, -0.05) is 42.5 Å². The minimum Gasteiger partial charge on any atom is -0.423 e. The molecule has 166 valence electrons. The number of aromatic nitrogens is 2. The van der Waals surface area contributed by atoms with Crippen LogP contribution in [0.5, 0.6) is 11.5 Å². The maximum absolute atomic E-state index is 12.8. The fraction of sp³-hybridized carbons (Fsp3) is 0. The summed E-state index contributed by atoms with van der Waals surface area (Å²) < 4.78 is 10.9. The first-order valence-electron chi connectivity index (χ1n) is 10.3. The highest BCUT2D eigenvalue weighted by molar-refractivity contribution is 6.05. The number of ether oxygens (including phenoxy) is 2. The van der Waals surface area contributed by atoms with E-state index in [4.69, 9.17) is 9.47 Å². The Morgan fingerprint density at radius 2 is 1.00 bits per heavy atom. The van der Waals surface area contributed by atoms with Gasteiger partial charge < -0.3 is 19.4 Å². The molecular formula is C26H16N2O6. The quantitative estimate of drug-likeness (QED) is 0.316. The number of nitrogens with one attached hydrogen (secondary N) is 2. The van der Waals surface area contributed by atoms with Crippen molar-refractivity contribution in [2.45, 2.75) is 0 Å². The molecule has 0 bridgehead atoms. The van der Waals surface area contributed by atoms with Gasteiger partial charge in [-0.15, -0.1) is 0 Å². The molecule has 0 unspecified atom stereocenters. The van der Waals surface area contributed by atoms with Crippen LogP contribution in [0, 0.1) is 0 Å². The standard InChI is InChI=1S/C26H16N2O6/c29-23-13-19(17-8-1-3-10-21(17)27-23)25(31)33-15-6-5-7-16(12-15)34-26(32)20-14-24(30)28-22-11-4-2-9-18(20)22/h1-14H,(H,27,29)(H,28,30). The second-order valence-corrected chi connectivity index (χ2v) is 7.44. The van der Waals surface area contributed by atoms with E-state index in [9.17, 15) is 19.2 Å². The van der Waals surface area contributed by atoms with E-state index in [1.165, 1.54) is 30.3 Å². The number of para-hydroxylation sites is 2. The predicted octanol–water partition coefficient (Wildman–Crippen LogP) is 3.81. The van der Waals surface area contributed by atoms with Gasteiger partial charge >= 0.3 is 11.9 Å². The molecule has 0 fully saturated rings. The molecule has 3 aromatic carbocycles. The number of fused-ring (bicyclic) bond motifs is 2. The first-order valence-corrected chi connectivity index (χ1v) is 10.3. The highest BCUT2D eigenvalue weighted by Gasteiger charge is 2.17. The number of hydrogen-bond donors (Lipinski definition) is 2. The number of rotatable bonds is 4. The Morgan fingerprint density at radius 1 is 0.559 bits per heavy atom. The molecule has 0 spiro atoms. The molecule has 0 radical (unpaired) electrons. The number of pyridine rings is 2. The molecule has 0 aliphatic rings. The molecule has 5 aromatic rings. The Kier molecular flexibility index (Phi) is 5.23. The minimum atomic E-state index is -0.730. The Balaban J connectivity index is 1.41. The van der Waals surface area contributed by atoms with Gasteiger partial charge in [0.1, 0.15) is 11.5 Å². The fourth-order valence-electron chi connectivity index (χ4n) is 3.67. The molecule has 34 heavy (non-hydrogen) atoms. The van der Waals surface area contributed by atoms with Gasteiger partial charge in [0, 0.05) is 40.0 Å². The van der Waals surface area contributed by atoms with E-state index in [1.807, 2.05) is 0 Å². The number of esters is 2. The number of hydrogen-bond acceptors (Lipinski definition) is 6. The van der Waals surface area contributed by atoms with E-state index in [1.54, 1.807) is 54.6 Å². The SMILES string of the molecule is O=C(Oc1cccc(OC(=O)c2cc(=O)[nH]c3ccccc23)c1)c1cc(=O)[nH]c2ccccc12. The zero-order valence-corrected chi connectivity index (χ0v) is 17.5. The van der Waals surface area contributed by atoms with Gasteiger partial charge in [0.25, 0.3) is 0 Å². The van der Waals surface area contributed by atoms with Crippen LogP contribution in [0.15, 0.2) is 94.5 Å². The largest absolute Gasteiger partial charge is 0.423 e. The Bertz CT molecular complexity index is 1580. The lowest BCUT2D eigenvalue weighted by atomic mass is 10.1. The molecule has 0 aliphatic heterocycles. The van der Waals surface area contributed by atoms with Gasteiger partial charge in [0.2, 0.25) is 11.1 Å². The third kappa shape index (κ3) is 4.07.